The van der Waals surface area contributed by atoms with Gasteiger partial charge in [0.25, 0.3) is 5.91 Å². The molecule has 0 aliphatic rings. The standard InChI is InChI=1S/C29H33FN2O3/c1-4-22(3)31-29(34)27(18-23-12-6-5-7-13-23)32(19-24-14-8-9-16-26(24)30)28(33)20-35-25-15-10-11-21(2)17-25/h5-17,22,27H,4,18-20H2,1-3H3,(H,31,34)/t22-,27+/m0/s1. The molecule has 3 aromatic rings. The van der Waals surface area contributed by atoms with E-state index in [0.717, 1.165) is 17.5 Å². The number of carbonyl (C=O) groups is 2. The summed E-state index contributed by atoms with van der Waals surface area (Å²) in [5, 5.41) is 3.00. The Bertz CT molecular complexity index is 1120. The molecular weight excluding hydrogens is 443 g/mol. The highest BCUT2D eigenvalue weighted by Gasteiger charge is 2.31. The number of rotatable bonds is 11. The van der Waals surface area contributed by atoms with Crippen molar-refractivity contribution in [3.05, 3.63) is 101 Å². The monoisotopic (exact) mass is 476 g/mol. The quantitative estimate of drug-likeness (QED) is 0.421. The lowest BCUT2D eigenvalue weighted by atomic mass is 10.0. The number of halogens is 1. The molecule has 0 bridgehead atoms. The summed E-state index contributed by atoms with van der Waals surface area (Å²) in [6, 6.07) is 22.3. The van der Waals surface area contributed by atoms with Gasteiger partial charge >= 0.3 is 0 Å². The zero-order valence-electron chi connectivity index (χ0n) is 20.5. The first-order chi connectivity index (χ1) is 16.9. The van der Waals surface area contributed by atoms with Crippen LogP contribution in [0.3, 0.4) is 0 Å². The average Bonchev–Trinajstić information content (AvgIpc) is 2.86. The number of ether oxygens (including phenoxy) is 1. The minimum absolute atomic E-state index is 0.0475. The lowest BCUT2D eigenvalue weighted by Crippen LogP contribution is -2.53. The third kappa shape index (κ3) is 7.67. The van der Waals surface area contributed by atoms with Crippen molar-refractivity contribution in [1.29, 1.82) is 0 Å². The normalized spacial score (nSPS) is 12.5. The Hall–Kier alpha value is -3.67. The van der Waals surface area contributed by atoms with E-state index in [-0.39, 0.29) is 25.1 Å². The molecule has 0 radical (unpaired) electrons. The summed E-state index contributed by atoms with van der Waals surface area (Å²) in [5.41, 5.74) is 2.25. The van der Waals surface area contributed by atoms with Gasteiger partial charge in [-0.1, -0.05) is 67.6 Å². The Morgan fingerprint density at radius 2 is 1.71 bits per heavy atom. The second kappa shape index (κ2) is 12.7. The fraction of sp³-hybridized carbons (Fsp3) is 0.310. The summed E-state index contributed by atoms with van der Waals surface area (Å²) in [4.78, 5) is 28.4. The fourth-order valence-electron chi connectivity index (χ4n) is 3.74. The van der Waals surface area contributed by atoms with Crippen LogP contribution in [0, 0.1) is 12.7 Å². The predicted molar refractivity (Wildman–Crippen MR) is 135 cm³/mol. The van der Waals surface area contributed by atoms with Crippen molar-refractivity contribution in [2.24, 2.45) is 0 Å². The van der Waals surface area contributed by atoms with Crippen LogP contribution in [0.25, 0.3) is 0 Å². The molecule has 5 nitrogen and oxygen atoms in total. The molecule has 0 aliphatic carbocycles. The third-order valence-electron chi connectivity index (χ3n) is 5.92. The van der Waals surface area contributed by atoms with Crippen molar-refractivity contribution in [2.75, 3.05) is 6.61 Å². The second-order valence-electron chi connectivity index (χ2n) is 8.74. The number of nitrogens with zero attached hydrogens (tertiary/aromatic N) is 1. The Morgan fingerprint density at radius 3 is 2.40 bits per heavy atom. The Morgan fingerprint density at radius 1 is 1.00 bits per heavy atom. The van der Waals surface area contributed by atoms with E-state index in [1.54, 1.807) is 24.3 Å². The van der Waals surface area contributed by atoms with Gasteiger partial charge in [0.2, 0.25) is 5.91 Å². The molecule has 184 valence electrons. The van der Waals surface area contributed by atoms with Gasteiger partial charge in [-0.2, -0.15) is 0 Å². The Balaban J connectivity index is 1.92. The zero-order chi connectivity index (χ0) is 25.2. The first-order valence-electron chi connectivity index (χ1n) is 11.9. The number of benzene rings is 3. The van der Waals surface area contributed by atoms with E-state index in [2.05, 4.69) is 5.32 Å². The van der Waals surface area contributed by atoms with E-state index in [1.165, 1.54) is 11.0 Å². The van der Waals surface area contributed by atoms with Crippen LogP contribution in [-0.2, 0) is 22.6 Å². The molecule has 35 heavy (non-hydrogen) atoms. The van der Waals surface area contributed by atoms with Crippen LogP contribution in [0.15, 0.2) is 78.9 Å². The molecule has 2 amide bonds. The van der Waals surface area contributed by atoms with Crippen LogP contribution < -0.4 is 10.1 Å². The van der Waals surface area contributed by atoms with Gasteiger partial charge in [-0.25, -0.2) is 4.39 Å². The molecule has 0 heterocycles. The Kier molecular flexibility index (Phi) is 9.41. The van der Waals surface area contributed by atoms with Gasteiger partial charge in [-0.3, -0.25) is 9.59 Å². The van der Waals surface area contributed by atoms with Crippen LogP contribution in [-0.4, -0.2) is 35.4 Å². The van der Waals surface area contributed by atoms with Crippen molar-refractivity contribution < 1.29 is 18.7 Å². The first-order valence-corrected chi connectivity index (χ1v) is 11.9. The van der Waals surface area contributed by atoms with Crippen molar-refractivity contribution in [3.8, 4) is 5.75 Å². The summed E-state index contributed by atoms with van der Waals surface area (Å²) in [6.45, 7) is 5.53. The van der Waals surface area contributed by atoms with E-state index >= 15 is 0 Å². The van der Waals surface area contributed by atoms with Crippen LogP contribution in [0.5, 0.6) is 5.75 Å². The maximum atomic E-state index is 14.6. The van der Waals surface area contributed by atoms with Gasteiger partial charge in [-0.15, -0.1) is 0 Å². The van der Waals surface area contributed by atoms with Gasteiger partial charge in [-0.05, 0) is 49.6 Å². The molecule has 3 rings (SSSR count). The molecule has 0 unspecified atom stereocenters. The van der Waals surface area contributed by atoms with Crippen LogP contribution >= 0.6 is 0 Å². The first kappa shape index (κ1) is 25.9. The van der Waals surface area contributed by atoms with E-state index in [4.69, 9.17) is 4.74 Å². The number of carbonyl (C=O) groups excluding carboxylic acids is 2. The van der Waals surface area contributed by atoms with Crippen LogP contribution in [0.1, 0.15) is 37.0 Å². The number of amides is 2. The highest BCUT2D eigenvalue weighted by molar-refractivity contribution is 5.88. The van der Waals surface area contributed by atoms with Gasteiger partial charge in [0.1, 0.15) is 17.6 Å². The molecular formula is C29H33FN2O3. The highest BCUT2D eigenvalue weighted by Crippen LogP contribution is 2.18. The lowest BCUT2D eigenvalue weighted by molar-refractivity contribution is -0.143. The molecule has 0 aromatic heterocycles. The predicted octanol–water partition coefficient (Wildman–Crippen LogP) is 5.07. The van der Waals surface area contributed by atoms with Gasteiger partial charge in [0.15, 0.2) is 6.61 Å². The Labute approximate surface area is 206 Å². The highest BCUT2D eigenvalue weighted by atomic mass is 19.1. The van der Waals surface area contributed by atoms with E-state index in [0.29, 0.717) is 17.7 Å². The summed E-state index contributed by atoms with van der Waals surface area (Å²) in [7, 11) is 0. The third-order valence-corrected chi connectivity index (χ3v) is 5.92. The fourth-order valence-corrected chi connectivity index (χ4v) is 3.74. The average molecular weight is 477 g/mol. The van der Waals surface area contributed by atoms with E-state index in [9.17, 15) is 14.0 Å². The van der Waals surface area contributed by atoms with Crippen LogP contribution in [0.4, 0.5) is 4.39 Å². The summed E-state index contributed by atoms with van der Waals surface area (Å²) in [6.07, 6.45) is 1.05. The molecule has 6 heteroatoms. The van der Waals surface area contributed by atoms with Gasteiger partial charge in [0, 0.05) is 24.6 Å². The molecule has 0 aliphatic heterocycles. The number of hydrogen-bond acceptors (Lipinski definition) is 3. The second-order valence-corrected chi connectivity index (χ2v) is 8.74. The van der Waals surface area contributed by atoms with Crippen molar-refractivity contribution >= 4 is 11.8 Å². The number of hydrogen-bond donors (Lipinski definition) is 1. The number of nitrogens with one attached hydrogen (secondary N) is 1. The lowest BCUT2D eigenvalue weighted by Gasteiger charge is -2.32. The van der Waals surface area contributed by atoms with Gasteiger partial charge < -0.3 is 15.0 Å². The number of aryl methyl sites for hydroxylation is 1. The van der Waals surface area contributed by atoms with E-state index in [1.807, 2.05) is 69.3 Å². The molecule has 2 atom stereocenters. The molecule has 1 N–H and O–H groups in total. The minimum atomic E-state index is -0.834. The largest absolute Gasteiger partial charge is 0.484 e. The minimum Gasteiger partial charge on any atom is -0.484 e. The molecule has 0 saturated carbocycles. The maximum absolute atomic E-state index is 14.6. The summed E-state index contributed by atoms with van der Waals surface area (Å²) >= 11 is 0. The summed E-state index contributed by atoms with van der Waals surface area (Å²) in [5.74, 6) is -0.531. The topological polar surface area (TPSA) is 58.6 Å². The molecule has 3 aromatic carbocycles. The molecule has 0 saturated heterocycles. The van der Waals surface area contributed by atoms with E-state index < -0.39 is 17.8 Å². The smallest absolute Gasteiger partial charge is 0.261 e. The zero-order valence-corrected chi connectivity index (χ0v) is 20.5. The molecule has 0 spiro atoms. The van der Waals surface area contributed by atoms with Gasteiger partial charge in [0.05, 0.1) is 0 Å². The SMILES string of the molecule is CC[C@H](C)NC(=O)[C@@H](Cc1ccccc1)N(Cc1ccccc1F)C(=O)COc1cccc(C)c1. The maximum Gasteiger partial charge on any atom is 0.261 e. The summed E-state index contributed by atoms with van der Waals surface area (Å²) < 4.78 is 20.4. The van der Waals surface area contributed by atoms with Crippen molar-refractivity contribution in [2.45, 2.75) is 52.2 Å². The van der Waals surface area contributed by atoms with Crippen molar-refractivity contribution in [1.82, 2.24) is 10.2 Å². The van der Waals surface area contributed by atoms with Crippen molar-refractivity contribution in [3.63, 3.8) is 0 Å². The molecule has 0 fully saturated rings. The van der Waals surface area contributed by atoms with Crippen LogP contribution in [0.2, 0.25) is 0 Å².